The second-order valence-electron chi connectivity index (χ2n) is 7.65. The van der Waals surface area contributed by atoms with Crippen molar-refractivity contribution in [2.24, 2.45) is 0 Å². The highest BCUT2D eigenvalue weighted by Gasteiger charge is 2.49. The molecule has 0 saturated carbocycles. The Bertz CT molecular complexity index is 1010. The van der Waals surface area contributed by atoms with E-state index in [1.54, 1.807) is 37.3 Å². The molecule has 2 saturated heterocycles. The van der Waals surface area contributed by atoms with E-state index in [1.807, 2.05) is 18.2 Å². The summed E-state index contributed by atoms with van der Waals surface area (Å²) in [5, 5.41) is 5.46. The number of amides is 4. The van der Waals surface area contributed by atoms with Crippen LogP contribution in [0.15, 0.2) is 53.0 Å². The van der Waals surface area contributed by atoms with Gasteiger partial charge in [0.15, 0.2) is 0 Å². The fourth-order valence-corrected chi connectivity index (χ4v) is 4.16. The van der Waals surface area contributed by atoms with Crippen LogP contribution < -0.4 is 15.5 Å². The van der Waals surface area contributed by atoms with Gasteiger partial charge in [-0.2, -0.15) is 0 Å². The molecule has 0 aromatic heterocycles. The first-order chi connectivity index (χ1) is 14.9. The molecule has 1 atom stereocenters. The molecule has 0 radical (unpaired) electrons. The Morgan fingerprint density at radius 2 is 1.87 bits per heavy atom. The van der Waals surface area contributed by atoms with Crippen LogP contribution in [-0.2, 0) is 19.9 Å². The van der Waals surface area contributed by atoms with Crippen LogP contribution in [0.3, 0.4) is 0 Å². The molecule has 4 rings (SSSR count). The molecule has 2 N–H and O–H groups in total. The molecule has 2 aromatic carbocycles. The van der Waals surface area contributed by atoms with Crippen LogP contribution in [0.5, 0.6) is 0 Å². The van der Waals surface area contributed by atoms with E-state index >= 15 is 0 Å². The van der Waals surface area contributed by atoms with Crippen molar-refractivity contribution >= 4 is 45.2 Å². The van der Waals surface area contributed by atoms with Crippen molar-refractivity contribution in [1.29, 1.82) is 0 Å². The predicted molar refractivity (Wildman–Crippen MR) is 120 cm³/mol. The van der Waals surface area contributed by atoms with Gasteiger partial charge in [0.05, 0.1) is 13.2 Å². The van der Waals surface area contributed by atoms with Crippen LogP contribution >= 0.6 is 15.9 Å². The van der Waals surface area contributed by atoms with E-state index in [0.29, 0.717) is 24.5 Å². The monoisotopic (exact) mass is 486 g/mol. The van der Waals surface area contributed by atoms with Crippen molar-refractivity contribution in [3.05, 3.63) is 58.6 Å². The molecule has 8 nitrogen and oxygen atoms in total. The Morgan fingerprint density at radius 3 is 2.55 bits per heavy atom. The number of benzene rings is 2. The summed E-state index contributed by atoms with van der Waals surface area (Å²) in [6.07, 6.45) is 0. The number of anilines is 2. The summed E-state index contributed by atoms with van der Waals surface area (Å²) in [6.45, 7) is 4.33. The van der Waals surface area contributed by atoms with Crippen molar-refractivity contribution in [3.63, 3.8) is 0 Å². The lowest BCUT2D eigenvalue weighted by atomic mass is 9.92. The molecule has 2 aliphatic heterocycles. The average Bonchev–Trinajstić information content (AvgIpc) is 2.99. The highest BCUT2D eigenvalue weighted by molar-refractivity contribution is 9.10. The van der Waals surface area contributed by atoms with Crippen LogP contribution in [0.4, 0.5) is 16.2 Å². The second-order valence-corrected chi connectivity index (χ2v) is 8.57. The molecule has 1 unspecified atom stereocenters. The summed E-state index contributed by atoms with van der Waals surface area (Å²) in [7, 11) is 0. The zero-order chi connectivity index (χ0) is 22.0. The summed E-state index contributed by atoms with van der Waals surface area (Å²) in [6, 6.07) is 14.0. The van der Waals surface area contributed by atoms with Gasteiger partial charge in [-0.15, -0.1) is 0 Å². The van der Waals surface area contributed by atoms with E-state index < -0.39 is 23.4 Å². The van der Waals surface area contributed by atoms with Gasteiger partial charge in [-0.05, 0) is 48.9 Å². The predicted octanol–water partition coefficient (Wildman–Crippen LogP) is 2.69. The molecule has 2 aliphatic rings. The number of imide groups is 1. The Morgan fingerprint density at radius 1 is 1.16 bits per heavy atom. The SMILES string of the molecule is CC1(c2cccc(Br)c2)NC(=O)N(CC(=O)Nc2ccc(N3CCOCC3)cc2)C1=O. The van der Waals surface area contributed by atoms with Crippen LogP contribution in [-0.4, -0.2) is 55.6 Å². The zero-order valence-electron chi connectivity index (χ0n) is 17.1. The number of hydrogen-bond donors (Lipinski definition) is 2. The van der Waals surface area contributed by atoms with Crippen LogP contribution in [0, 0.1) is 0 Å². The number of halogens is 1. The molecule has 2 fully saturated rings. The van der Waals surface area contributed by atoms with E-state index in [9.17, 15) is 14.4 Å². The molecule has 162 valence electrons. The van der Waals surface area contributed by atoms with E-state index in [0.717, 1.165) is 28.1 Å². The number of carbonyl (C=O) groups is 3. The number of nitrogens with zero attached hydrogens (tertiary/aromatic N) is 2. The summed E-state index contributed by atoms with van der Waals surface area (Å²) in [4.78, 5) is 41.1. The number of nitrogens with one attached hydrogen (secondary N) is 2. The number of carbonyl (C=O) groups excluding carboxylic acids is 3. The van der Waals surface area contributed by atoms with Gasteiger partial charge in [0.2, 0.25) is 5.91 Å². The normalized spacial score (nSPS) is 21.2. The fraction of sp³-hybridized carbons (Fsp3) is 0.318. The lowest BCUT2D eigenvalue weighted by Crippen LogP contribution is -2.42. The Kier molecular flexibility index (Phi) is 5.97. The smallest absolute Gasteiger partial charge is 0.325 e. The lowest BCUT2D eigenvalue weighted by Gasteiger charge is -2.28. The first-order valence-corrected chi connectivity index (χ1v) is 10.8. The fourth-order valence-electron chi connectivity index (χ4n) is 3.76. The highest BCUT2D eigenvalue weighted by atomic mass is 79.9. The topological polar surface area (TPSA) is 91.0 Å². The molecule has 0 spiro atoms. The molecule has 4 amide bonds. The first kappa shape index (κ1) is 21.3. The number of rotatable bonds is 5. The molecule has 2 aromatic rings. The van der Waals surface area contributed by atoms with Crippen LogP contribution in [0.1, 0.15) is 12.5 Å². The number of morpholine rings is 1. The van der Waals surface area contributed by atoms with E-state index in [2.05, 4.69) is 31.5 Å². The molecular formula is C22H23BrN4O4. The summed E-state index contributed by atoms with van der Waals surface area (Å²) >= 11 is 3.38. The number of hydrogen-bond acceptors (Lipinski definition) is 5. The Hall–Kier alpha value is -2.91. The molecule has 0 aliphatic carbocycles. The van der Waals surface area contributed by atoms with Gasteiger partial charge >= 0.3 is 6.03 Å². The molecule has 31 heavy (non-hydrogen) atoms. The maximum atomic E-state index is 13.0. The minimum Gasteiger partial charge on any atom is -0.378 e. The van der Waals surface area contributed by atoms with Crippen molar-refractivity contribution in [2.75, 3.05) is 43.1 Å². The molecule has 9 heteroatoms. The third kappa shape index (κ3) is 4.42. The van der Waals surface area contributed by atoms with Gasteiger partial charge < -0.3 is 20.3 Å². The summed E-state index contributed by atoms with van der Waals surface area (Å²) < 4.78 is 6.16. The Balaban J connectivity index is 1.40. The minimum absolute atomic E-state index is 0.362. The lowest BCUT2D eigenvalue weighted by molar-refractivity contribution is -0.133. The molecule has 0 bridgehead atoms. The maximum absolute atomic E-state index is 13.0. The number of ether oxygens (including phenoxy) is 1. The largest absolute Gasteiger partial charge is 0.378 e. The second kappa shape index (κ2) is 8.68. The highest BCUT2D eigenvalue weighted by Crippen LogP contribution is 2.30. The summed E-state index contributed by atoms with van der Waals surface area (Å²) in [5.41, 5.74) is 1.08. The molecular weight excluding hydrogens is 464 g/mol. The first-order valence-electron chi connectivity index (χ1n) is 9.99. The van der Waals surface area contributed by atoms with Gasteiger partial charge in [-0.1, -0.05) is 28.1 Å². The van der Waals surface area contributed by atoms with Gasteiger partial charge in [0.1, 0.15) is 12.1 Å². The third-order valence-electron chi connectivity index (χ3n) is 5.51. The Labute approximate surface area is 188 Å². The standard InChI is InChI=1S/C22H23BrN4O4/c1-22(15-3-2-4-16(23)13-15)20(29)27(21(30)25-22)14-19(28)24-17-5-7-18(8-6-17)26-9-11-31-12-10-26/h2-8,13H,9-12,14H2,1H3,(H,24,28)(H,25,30). The van der Waals surface area contributed by atoms with Crippen LogP contribution in [0.25, 0.3) is 0 Å². The van der Waals surface area contributed by atoms with E-state index in [4.69, 9.17) is 4.74 Å². The maximum Gasteiger partial charge on any atom is 0.325 e. The number of urea groups is 1. The van der Waals surface area contributed by atoms with Crippen molar-refractivity contribution in [3.8, 4) is 0 Å². The van der Waals surface area contributed by atoms with Gasteiger partial charge in [-0.3, -0.25) is 14.5 Å². The quantitative estimate of drug-likeness (QED) is 0.634. The van der Waals surface area contributed by atoms with Crippen molar-refractivity contribution in [2.45, 2.75) is 12.5 Å². The van der Waals surface area contributed by atoms with Gasteiger partial charge in [0, 0.05) is 28.9 Å². The third-order valence-corrected chi connectivity index (χ3v) is 6.00. The zero-order valence-corrected chi connectivity index (χ0v) is 18.6. The molecule has 2 heterocycles. The van der Waals surface area contributed by atoms with Crippen LogP contribution in [0.2, 0.25) is 0 Å². The van der Waals surface area contributed by atoms with E-state index in [-0.39, 0.29) is 6.54 Å². The van der Waals surface area contributed by atoms with Crippen molar-refractivity contribution in [1.82, 2.24) is 10.2 Å². The van der Waals surface area contributed by atoms with E-state index in [1.165, 1.54) is 0 Å². The minimum atomic E-state index is -1.22. The average molecular weight is 487 g/mol. The van der Waals surface area contributed by atoms with Crippen molar-refractivity contribution < 1.29 is 19.1 Å². The van der Waals surface area contributed by atoms with Gasteiger partial charge in [-0.25, -0.2) is 4.79 Å². The van der Waals surface area contributed by atoms with Gasteiger partial charge in [0.25, 0.3) is 5.91 Å². The summed E-state index contributed by atoms with van der Waals surface area (Å²) in [5.74, 6) is -0.908.